The van der Waals surface area contributed by atoms with E-state index in [0.717, 1.165) is 12.8 Å². The minimum atomic E-state index is -0.726. The van der Waals surface area contributed by atoms with Gasteiger partial charge in [0.2, 0.25) is 5.91 Å². The number of hydrogen-bond donors (Lipinski definition) is 2. The molecule has 0 aromatic heterocycles. The molecule has 1 saturated carbocycles. The minimum absolute atomic E-state index is 0.00249. The summed E-state index contributed by atoms with van der Waals surface area (Å²) >= 11 is 0. The third-order valence-electron chi connectivity index (χ3n) is 4.58. The Bertz CT molecular complexity index is 463. The van der Waals surface area contributed by atoms with Gasteiger partial charge in [-0.25, -0.2) is 0 Å². The van der Waals surface area contributed by atoms with Gasteiger partial charge in [0.05, 0.1) is 5.54 Å². The van der Waals surface area contributed by atoms with E-state index in [1.807, 2.05) is 6.07 Å². The van der Waals surface area contributed by atoms with Gasteiger partial charge in [-0.1, -0.05) is 30.3 Å². The molecule has 0 spiro atoms. The fraction of sp³-hybridized carbons (Fsp3) is 0.562. The molecule has 1 aliphatic carbocycles. The fourth-order valence-electron chi connectivity index (χ4n) is 3.02. The SMILES string of the molecule is NC1(C(=O)NC2CC(c3ccccc3)C2)CCOCC1. The Morgan fingerprint density at radius 3 is 2.50 bits per heavy atom. The van der Waals surface area contributed by atoms with Gasteiger partial charge < -0.3 is 15.8 Å². The highest BCUT2D eigenvalue weighted by atomic mass is 16.5. The minimum Gasteiger partial charge on any atom is -0.381 e. The van der Waals surface area contributed by atoms with E-state index in [9.17, 15) is 4.79 Å². The summed E-state index contributed by atoms with van der Waals surface area (Å²) in [5, 5.41) is 3.11. The molecule has 108 valence electrons. The largest absolute Gasteiger partial charge is 0.381 e. The molecule has 1 amide bonds. The Kier molecular flexibility index (Phi) is 3.76. The monoisotopic (exact) mass is 274 g/mol. The molecule has 4 heteroatoms. The summed E-state index contributed by atoms with van der Waals surface area (Å²) in [5.41, 5.74) is 6.82. The van der Waals surface area contributed by atoms with Crippen molar-refractivity contribution < 1.29 is 9.53 Å². The predicted molar refractivity (Wildman–Crippen MR) is 77.3 cm³/mol. The van der Waals surface area contributed by atoms with Crippen molar-refractivity contribution in [2.75, 3.05) is 13.2 Å². The van der Waals surface area contributed by atoms with Crippen molar-refractivity contribution in [2.45, 2.75) is 43.2 Å². The lowest BCUT2D eigenvalue weighted by Crippen LogP contribution is -2.60. The second-order valence-electron chi connectivity index (χ2n) is 6.02. The average molecular weight is 274 g/mol. The van der Waals surface area contributed by atoms with Crippen LogP contribution < -0.4 is 11.1 Å². The Labute approximate surface area is 119 Å². The van der Waals surface area contributed by atoms with Crippen LogP contribution >= 0.6 is 0 Å². The van der Waals surface area contributed by atoms with Crippen LogP contribution in [0.1, 0.15) is 37.2 Å². The Balaban J connectivity index is 1.50. The van der Waals surface area contributed by atoms with Crippen LogP contribution in [0, 0.1) is 0 Å². The molecule has 2 fully saturated rings. The zero-order chi connectivity index (χ0) is 14.0. The lowest BCUT2D eigenvalue weighted by molar-refractivity contribution is -0.131. The van der Waals surface area contributed by atoms with E-state index < -0.39 is 5.54 Å². The quantitative estimate of drug-likeness (QED) is 0.879. The van der Waals surface area contributed by atoms with Gasteiger partial charge in [-0.15, -0.1) is 0 Å². The van der Waals surface area contributed by atoms with Crippen LogP contribution in [0.4, 0.5) is 0 Å². The molecule has 0 unspecified atom stereocenters. The molecule has 3 rings (SSSR count). The van der Waals surface area contributed by atoms with Gasteiger partial charge in [0.25, 0.3) is 0 Å². The number of carbonyl (C=O) groups excluding carboxylic acids is 1. The third kappa shape index (κ3) is 2.72. The van der Waals surface area contributed by atoms with Gasteiger partial charge in [-0.2, -0.15) is 0 Å². The Morgan fingerprint density at radius 2 is 1.85 bits per heavy atom. The van der Waals surface area contributed by atoms with Crippen LogP contribution in [0.15, 0.2) is 30.3 Å². The second kappa shape index (κ2) is 5.54. The van der Waals surface area contributed by atoms with Crippen LogP contribution in [0.5, 0.6) is 0 Å². The fourth-order valence-corrected chi connectivity index (χ4v) is 3.02. The van der Waals surface area contributed by atoms with E-state index >= 15 is 0 Å². The average Bonchev–Trinajstić information content (AvgIpc) is 2.44. The molecule has 1 saturated heterocycles. The van der Waals surface area contributed by atoms with Gasteiger partial charge in [0.1, 0.15) is 0 Å². The number of hydrogen-bond acceptors (Lipinski definition) is 3. The molecule has 1 aromatic carbocycles. The van der Waals surface area contributed by atoms with Crippen LogP contribution in [0.25, 0.3) is 0 Å². The van der Waals surface area contributed by atoms with Crippen molar-refractivity contribution in [1.82, 2.24) is 5.32 Å². The molecular formula is C16H22N2O2. The normalized spacial score (nSPS) is 28.4. The van der Waals surface area contributed by atoms with E-state index in [-0.39, 0.29) is 11.9 Å². The summed E-state index contributed by atoms with van der Waals surface area (Å²) in [6.45, 7) is 1.17. The summed E-state index contributed by atoms with van der Waals surface area (Å²) in [6.07, 6.45) is 3.27. The van der Waals surface area contributed by atoms with Crippen LogP contribution in [0.3, 0.4) is 0 Å². The predicted octanol–water partition coefficient (Wildman–Crippen LogP) is 1.56. The zero-order valence-corrected chi connectivity index (χ0v) is 11.7. The summed E-state index contributed by atoms with van der Waals surface area (Å²) in [7, 11) is 0. The molecule has 1 aliphatic heterocycles. The molecule has 20 heavy (non-hydrogen) atoms. The Hall–Kier alpha value is -1.39. The van der Waals surface area contributed by atoms with Crippen molar-refractivity contribution in [2.24, 2.45) is 5.73 Å². The maximum Gasteiger partial charge on any atom is 0.240 e. The van der Waals surface area contributed by atoms with E-state index in [2.05, 4.69) is 29.6 Å². The molecule has 0 radical (unpaired) electrons. The van der Waals surface area contributed by atoms with E-state index in [0.29, 0.717) is 32.0 Å². The summed E-state index contributed by atoms with van der Waals surface area (Å²) in [5.74, 6) is 0.572. The Morgan fingerprint density at radius 1 is 1.20 bits per heavy atom. The summed E-state index contributed by atoms with van der Waals surface area (Å²) in [4.78, 5) is 12.3. The van der Waals surface area contributed by atoms with Gasteiger partial charge in [-0.3, -0.25) is 4.79 Å². The molecular weight excluding hydrogens is 252 g/mol. The smallest absolute Gasteiger partial charge is 0.240 e. The molecule has 3 N–H and O–H groups in total. The maximum atomic E-state index is 12.3. The standard InChI is InChI=1S/C16H22N2O2/c17-16(6-8-20-9-7-16)15(19)18-14-10-13(11-14)12-4-2-1-3-5-12/h1-5,13-14H,6-11,17H2,(H,18,19). The van der Waals surface area contributed by atoms with Crippen LogP contribution in [-0.2, 0) is 9.53 Å². The molecule has 1 heterocycles. The van der Waals surface area contributed by atoms with Crippen LogP contribution in [-0.4, -0.2) is 30.7 Å². The maximum absolute atomic E-state index is 12.3. The highest BCUT2D eigenvalue weighted by Crippen LogP contribution is 2.37. The third-order valence-corrected chi connectivity index (χ3v) is 4.58. The molecule has 1 aromatic rings. The van der Waals surface area contributed by atoms with E-state index in [1.165, 1.54) is 5.56 Å². The topological polar surface area (TPSA) is 64.4 Å². The molecule has 4 nitrogen and oxygen atoms in total. The van der Waals surface area contributed by atoms with Crippen molar-refractivity contribution in [1.29, 1.82) is 0 Å². The van der Waals surface area contributed by atoms with E-state index in [1.54, 1.807) is 0 Å². The van der Waals surface area contributed by atoms with E-state index in [4.69, 9.17) is 10.5 Å². The molecule has 0 atom stereocenters. The van der Waals surface area contributed by atoms with Crippen molar-refractivity contribution in [3.63, 3.8) is 0 Å². The second-order valence-corrected chi connectivity index (χ2v) is 6.02. The number of nitrogens with two attached hydrogens (primary N) is 1. The van der Waals surface area contributed by atoms with Crippen molar-refractivity contribution in [3.8, 4) is 0 Å². The first-order chi connectivity index (χ1) is 9.67. The van der Waals surface area contributed by atoms with Crippen molar-refractivity contribution >= 4 is 5.91 Å². The highest BCUT2D eigenvalue weighted by molar-refractivity contribution is 5.86. The van der Waals surface area contributed by atoms with Gasteiger partial charge in [-0.05, 0) is 37.2 Å². The zero-order valence-electron chi connectivity index (χ0n) is 11.7. The lowest BCUT2D eigenvalue weighted by atomic mass is 9.75. The van der Waals surface area contributed by atoms with Gasteiger partial charge >= 0.3 is 0 Å². The number of benzene rings is 1. The number of nitrogens with one attached hydrogen (secondary N) is 1. The summed E-state index contributed by atoms with van der Waals surface area (Å²) in [6, 6.07) is 10.8. The number of ether oxygens (including phenoxy) is 1. The first-order valence-electron chi connectivity index (χ1n) is 7.40. The number of rotatable bonds is 3. The first kappa shape index (κ1) is 13.6. The highest BCUT2D eigenvalue weighted by Gasteiger charge is 2.39. The molecule has 2 aliphatic rings. The first-order valence-corrected chi connectivity index (χ1v) is 7.40. The number of carbonyl (C=O) groups is 1. The molecule has 0 bridgehead atoms. The van der Waals surface area contributed by atoms with Gasteiger partial charge in [0.15, 0.2) is 0 Å². The summed E-state index contributed by atoms with van der Waals surface area (Å²) < 4.78 is 5.28. The lowest BCUT2D eigenvalue weighted by Gasteiger charge is -2.39. The number of amides is 1. The van der Waals surface area contributed by atoms with Crippen LogP contribution in [0.2, 0.25) is 0 Å². The van der Waals surface area contributed by atoms with Gasteiger partial charge in [0, 0.05) is 19.3 Å². The van der Waals surface area contributed by atoms with Crippen molar-refractivity contribution in [3.05, 3.63) is 35.9 Å².